The van der Waals surface area contributed by atoms with E-state index >= 15 is 0 Å². The molecule has 0 atom stereocenters. The topological polar surface area (TPSA) is 58.2 Å². The van der Waals surface area contributed by atoms with Crippen molar-refractivity contribution in [2.24, 2.45) is 0 Å². The average molecular weight is 244 g/mol. The summed E-state index contributed by atoms with van der Waals surface area (Å²) in [6, 6.07) is 5.54. The van der Waals surface area contributed by atoms with Crippen LogP contribution in [0.2, 0.25) is 0 Å². The highest BCUT2D eigenvalue weighted by molar-refractivity contribution is 5.96. The molecule has 0 saturated carbocycles. The molecule has 0 radical (unpaired) electrons. The minimum atomic E-state index is -0.300. The minimum absolute atomic E-state index is 0.0759. The molecule has 2 amide bonds. The smallest absolute Gasteiger partial charge is 0.251 e. The molecule has 0 unspecified atom stereocenters. The Kier molecular flexibility index (Phi) is 4.94. The van der Waals surface area contributed by atoms with Crippen molar-refractivity contribution in [3.63, 3.8) is 0 Å². The number of benzene rings is 1. The molecule has 1 aromatic rings. The second-order valence-corrected chi connectivity index (χ2v) is 4.04. The molecule has 0 saturated heterocycles. The van der Waals surface area contributed by atoms with Crippen LogP contribution in [-0.2, 0) is 4.79 Å². The lowest BCUT2D eigenvalue weighted by atomic mass is 10.1. The zero-order valence-corrected chi connectivity index (χ0v) is 10.5. The Morgan fingerprint density at radius 2 is 1.78 bits per heavy atom. The van der Waals surface area contributed by atoms with Crippen molar-refractivity contribution < 1.29 is 9.59 Å². The van der Waals surface area contributed by atoms with Crippen LogP contribution >= 0.6 is 0 Å². The number of carbonyl (C=O) groups is 2. The SMILES string of the molecule is C#CCNC(=O)CNC(=O)c1cc(C)cc(C)c1. The Morgan fingerprint density at radius 3 is 2.33 bits per heavy atom. The molecular weight excluding hydrogens is 228 g/mol. The van der Waals surface area contributed by atoms with E-state index in [2.05, 4.69) is 16.6 Å². The van der Waals surface area contributed by atoms with Gasteiger partial charge in [-0.1, -0.05) is 23.1 Å². The quantitative estimate of drug-likeness (QED) is 0.769. The molecule has 0 spiro atoms. The van der Waals surface area contributed by atoms with E-state index in [9.17, 15) is 9.59 Å². The Morgan fingerprint density at radius 1 is 1.17 bits per heavy atom. The molecule has 0 bridgehead atoms. The number of nitrogens with one attached hydrogen (secondary N) is 2. The fourth-order valence-electron chi connectivity index (χ4n) is 1.58. The van der Waals surface area contributed by atoms with Gasteiger partial charge in [-0.25, -0.2) is 0 Å². The van der Waals surface area contributed by atoms with Gasteiger partial charge in [0.05, 0.1) is 13.1 Å². The van der Waals surface area contributed by atoms with Gasteiger partial charge in [-0.15, -0.1) is 6.42 Å². The monoisotopic (exact) mass is 244 g/mol. The Balaban J connectivity index is 2.55. The lowest BCUT2D eigenvalue weighted by molar-refractivity contribution is -0.119. The average Bonchev–Trinajstić information content (AvgIpc) is 2.32. The molecule has 4 heteroatoms. The fraction of sp³-hybridized carbons (Fsp3) is 0.286. The van der Waals surface area contributed by atoms with Gasteiger partial charge < -0.3 is 10.6 Å². The van der Waals surface area contributed by atoms with Gasteiger partial charge in [-0.2, -0.15) is 0 Å². The second-order valence-electron chi connectivity index (χ2n) is 4.04. The van der Waals surface area contributed by atoms with Crippen molar-refractivity contribution in [1.29, 1.82) is 0 Å². The van der Waals surface area contributed by atoms with E-state index in [-0.39, 0.29) is 24.9 Å². The van der Waals surface area contributed by atoms with E-state index in [0.717, 1.165) is 11.1 Å². The molecule has 18 heavy (non-hydrogen) atoms. The van der Waals surface area contributed by atoms with Crippen molar-refractivity contribution in [1.82, 2.24) is 10.6 Å². The third-order valence-electron chi connectivity index (χ3n) is 2.28. The number of carbonyl (C=O) groups excluding carboxylic acids is 2. The van der Waals surface area contributed by atoms with Gasteiger partial charge in [0.2, 0.25) is 5.91 Å². The van der Waals surface area contributed by atoms with Gasteiger partial charge in [-0.3, -0.25) is 9.59 Å². The number of rotatable bonds is 4. The van der Waals surface area contributed by atoms with Crippen LogP contribution in [0.5, 0.6) is 0 Å². The standard InChI is InChI=1S/C14H16N2O2/c1-4-5-15-13(17)9-16-14(18)12-7-10(2)6-11(3)8-12/h1,6-8H,5,9H2,2-3H3,(H,15,17)(H,16,18). The molecular formula is C14H16N2O2. The Bertz CT molecular complexity index is 481. The van der Waals surface area contributed by atoms with Crippen LogP contribution in [0.1, 0.15) is 21.5 Å². The number of hydrogen-bond acceptors (Lipinski definition) is 2. The van der Waals surface area contributed by atoms with Gasteiger partial charge in [0.25, 0.3) is 5.91 Å². The van der Waals surface area contributed by atoms with Crippen LogP contribution in [0.25, 0.3) is 0 Å². The number of amides is 2. The van der Waals surface area contributed by atoms with Crippen molar-refractivity contribution in [3.05, 3.63) is 34.9 Å². The maximum atomic E-state index is 11.8. The van der Waals surface area contributed by atoms with Crippen molar-refractivity contribution in [2.45, 2.75) is 13.8 Å². The van der Waals surface area contributed by atoms with E-state index < -0.39 is 0 Å². The molecule has 0 fully saturated rings. The van der Waals surface area contributed by atoms with Gasteiger partial charge in [0.1, 0.15) is 0 Å². The maximum Gasteiger partial charge on any atom is 0.251 e. The molecule has 0 aliphatic carbocycles. The maximum absolute atomic E-state index is 11.8. The van der Waals surface area contributed by atoms with Crippen molar-refractivity contribution in [2.75, 3.05) is 13.1 Å². The van der Waals surface area contributed by atoms with Crippen LogP contribution in [0, 0.1) is 26.2 Å². The highest BCUT2D eigenvalue weighted by atomic mass is 16.2. The van der Waals surface area contributed by atoms with Gasteiger partial charge in [-0.05, 0) is 26.0 Å². The summed E-state index contributed by atoms with van der Waals surface area (Å²) in [7, 11) is 0. The molecule has 0 aromatic heterocycles. The first-order valence-electron chi connectivity index (χ1n) is 5.59. The van der Waals surface area contributed by atoms with Crippen LogP contribution in [0.4, 0.5) is 0 Å². The molecule has 4 nitrogen and oxygen atoms in total. The fourth-order valence-corrected chi connectivity index (χ4v) is 1.58. The van der Waals surface area contributed by atoms with Gasteiger partial charge in [0.15, 0.2) is 0 Å². The summed E-state index contributed by atoms with van der Waals surface area (Å²) in [6.45, 7) is 3.93. The van der Waals surface area contributed by atoms with Crippen LogP contribution < -0.4 is 10.6 Å². The highest BCUT2D eigenvalue weighted by Crippen LogP contribution is 2.08. The summed E-state index contributed by atoms with van der Waals surface area (Å²) in [5.41, 5.74) is 2.58. The van der Waals surface area contributed by atoms with E-state index in [0.29, 0.717) is 5.56 Å². The van der Waals surface area contributed by atoms with E-state index in [4.69, 9.17) is 6.42 Å². The van der Waals surface area contributed by atoms with Gasteiger partial charge in [0, 0.05) is 5.56 Å². The summed E-state index contributed by atoms with van der Waals surface area (Å²) in [5.74, 6) is 1.72. The van der Waals surface area contributed by atoms with Crippen LogP contribution in [0.15, 0.2) is 18.2 Å². The summed E-state index contributed by atoms with van der Waals surface area (Å²) in [6.07, 6.45) is 5.01. The summed E-state index contributed by atoms with van der Waals surface area (Å²) < 4.78 is 0. The number of terminal acetylenes is 1. The second kappa shape index (κ2) is 6.45. The first-order chi connectivity index (χ1) is 8.52. The van der Waals surface area contributed by atoms with E-state index in [1.807, 2.05) is 19.9 Å². The zero-order valence-electron chi connectivity index (χ0n) is 10.5. The van der Waals surface area contributed by atoms with Crippen LogP contribution in [-0.4, -0.2) is 24.9 Å². The molecule has 1 aromatic carbocycles. The highest BCUT2D eigenvalue weighted by Gasteiger charge is 2.08. The summed E-state index contributed by atoms with van der Waals surface area (Å²) >= 11 is 0. The number of aryl methyl sites for hydroxylation is 2. The summed E-state index contributed by atoms with van der Waals surface area (Å²) in [5, 5.41) is 5.01. The van der Waals surface area contributed by atoms with E-state index in [1.165, 1.54) is 0 Å². The first kappa shape index (κ1) is 13.8. The lowest BCUT2D eigenvalue weighted by Crippen LogP contribution is -2.37. The molecule has 1 rings (SSSR count). The first-order valence-corrected chi connectivity index (χ1v) is 5.59. The predicted octanol–water partition coefficient (Wildman–Crippen LogP) is 0.783. The molecule has 0 aliphatic rings. The Hall–Kier alpha value is -2.28. The van der Waals surface area contributed by atoms with Gasteiger partial charge >= 0.3 is 0 Å². The zero-order chi connectivity index (χ0) is 13.5. The number of hydrogen-bond donors (Lipinski definition) is 2. The van der Waals surface area contributed by atoms with E-state index in [1.54, 1.807) is 12.1 Å². The molecule has 2 N–H and O–H groups in total. The molecule has 0 aliphatic heterocycles. The minimum Gasteiger partial charge on any atom is -0.344 e. The van der Waals surface area contributed by atoms with Crippen LogP contribution in [0.3, 0.4) is 0 Å². The normalized spacial score (nSPS) is 9.39. The molecule has 0 heterocycles. The summed E-state index contributed by atoms with van der Waals surface area (Å²) in [4.78, 5) is 23.0. The van der Waals surface area contributed by atoms with Crippen molar-refractivity contribution in [3.8, 4) is 12.3 Å². The predicted molar refractivity (Wildman–Crippen MR) is 70.1 cm³/mol. The Labute approximate surface area is 107 Å². The largest absolute Gasteiger partial charge is 0.344 e. The third-order valence-corrected chi connectivity index (χ3v) is 2.28. The third kappa shape index (κ3) is 4.30. The van der Waals surface area contributed by atoms with Crippen molar-refractivity contribution >= 4 is 11.8 Å². The molecule has 94 valence electrons. The lowest BCUT2D eigenvalue weighted by Gasteiger charge is -2.06.